The lowest BCUT2D eigenvalue weighted by Gasteiger charge is -2.23. The number of nitrogens with one attached hydrogen (secondary N) is 1. The number of aromatic amines is 1. The monoisotopic (exact) mass is 428 g/mol. The van der Waals surface area contributed by atoms with Crippen molar-refractivity contribution in [2.75, 3.05) is 0 Å². The van der Waals surface area contributed by atoms with Crippen molar-refractivity contribution in [3.8, 4) is 0 Å². The number of nitrogens with zero attached hydrogens (tertiary/aromatic N) is 1. The SMILES string of the molecule is C=Cc1cccc(C(=O)N(Cc2ccco2)Cc2cc3ccc(F)cc3[nH]c2=O)c1C=C. The minimum absolute atomic E-state index is 0.0388. The molecule has 2 heterocycles. The molecule has 5 nitrogen and oxygen atoms in total. The third-order valence-electron chi connectivity index (χ3n) is 5.25. The van der Waals surface area contributed by atoms with Crippen LogP contribution in [0.5, 0.6) is 0 Å². The van der Waals surface area contributed by atoms with Crippen molar-refractivity contribution < 1.29 is 13.6 Å². The summed E-state index contributed by atoms with van der Waals surface area (Å²) in [4.78, 5) is 30.5. The van der Waals surface area contributed by atoms with E-state index in [0.29, 0.717) is 33.4 Å². The molecule has 0 aliphatic heterocycles. The second-order valence-electron chi connectivity index (χ2n) is 7.31. The smallest absolute Gasteiger partial charge is 0.255 e. The van der Waals surface area contributed by atoms with Gasteiger partial charge in [-0.15, -0.1) is 0 Å². The number of benzene rings is 2. The molecule has 0 saturated carbocycles. The fraction of sp³-hybridized carbons (Fsp3) is 0.0769. The number of carbonyl (C=O) groups excluding carboxylic acids is 1. The summed E-state index contributed by atoms with van der Waals surface area (Å²) in [6, 6.07) is 14.7. The Kier molecular flexibility index (Phi) is 5.85. The minimum Gasteiger partial charge on any atom is -0.467 e. The number of halogens is 1. The number of hydrogen-bond acceptors (Lipinski definition) is 3. The fourth-order valence-electron chi connectivity index (χ4n) is 3.68. The average Bonchev–Trinajstić information content (AvgIpc) is 3.31. The van der Waals surface area contributed by atoms with Gasteiger partial charge in [-0.2, -0.15) is 0 Å². The Morgan fingerprint density at radius 2 is 1.91 bits per heavy atom. The van der Waals surface area contributed by atoms with Crippen LogP contribution in [0.25, 0.3) is 23.1 Å². The zero-order valence-electron chi connectivity index (χ0n) is 17.3. The molecule has 1 N–H and O–H groups in total. The molecule has 1 amide bonds. The standard InChI is InChI=1S/C26H21FN2O3/c1-3-17-7-5-9-23(22(17)4-2)26(31)29(16-21-8-6-12-32-21)15-19-13-18-10-11-20(27)14-24(18)28-25(19)30/h3-14H,1-2,15-16H2,(H,28,30). The summed E-state index contributed by atoms with van der Waals surface area (Å²) < 4.78 is 19.0. The molecular weight excluding hydrogens is 407 g/mol. The molecular formula is C26H21FN2O3. The van der Waals surface area contributed by atoms with Crippen LogP contribution in [0.15, 0.2) is 83.2 Å². The molecule has 0 aliphatic rings. The first-order valence-electron chi connectivity index (χ1n) is 10.0. The van der Waals surface area contributed by atoms with Crippen molar-refractivity contribution in [3.63, 3.8) is 0 Å². The van der Waals surface area contributed by atoms with Crippen LogP contribution in [0.2, 0.25) is 0 Å². The van der Waals surface area contributed by atoms with Crippen LogP contribution in [0.4, 0.5) is 4.39 Å². The first kappa shape index (κ1) is 21.1. The lowest BCUT2D eigenvalue weighted by atomic mass is 9.99. The van der Waals surface area contributed by atoms with E-state index in [4.69, 9.17) is 4.42 Å². The minimum atomic E-state index is -0.436. The van der Waals surface area contributed by atoms with E-state index >= 15 is 0 Å². The Labute approximate surface area is 184 Å². The normalized spacial score (nSPS) is 10.8. The quantitative estimate of drug-likeness (QED) is 0.429. The summed E-state index contributed by atoms with van der Waals surface area (Å²) in [7, 11) is 0. The highest BCUT2D eigenvalue weighted by molar-refractivity contribution is 5.99. The highest BCUT2D eigenvalue weighted by Gasteiger charge is 2.22. The zero-order chi connectivity index (χ0) is 22.7. The first-order valence-corrected chi connectivity index (χ1v) is 10.0. The highest BCUT2D eigenvalue weighted by atomic mass is 19.1. The van der Waals surface area contributed by atoms with Crippen LogP contribution in [-0.4, -0.2) is 15.8 Å². The van der Waals surface area contributed by atoms with Gasteiger partial charge < -0.3 is 14.3 Å². The van der Waals surface area contributed by atoms with E-state index in [0.717, 1.165) is 5.56 Å². The number of H-pyrrole nitrogens is 1. The van der Waals surface area contributed by atoms with Gasteiger partial charge in [0.05, 0.1) is 24.9 Å². The molecule has 2 aromatic heterocycles. The van der Waals surface area contributed by atoms with E-state index in [1.54, 1.807) is 48.6 Å². The van der Waals surface area contributed by atoms with Crippen LogP contribution < -0.4 is 5.56 Å². The molecule has 0 saturated heterocycles. The number of pyridine rings is 1. The first-order chi connectivity index (χ1) is 15.5. The molecule has 0 aliphatic carbocycles. The van der Waals surface area contributed by atoms with Crippen molar-refractivity contribution in [2.45, 2.75) is 13.1 Å². The van der Waals surface area contributed by atoms with E-state index in [9.17, 15) is 14.0 Å². The van der Waals surface area contributed by atoms with Gasteiger partial charge in [-0.05, 0) is 59.0 Å². The van der Waals surface area contributed by atoms with Gasteiger partial charge in [0.2, 0.25) is 0 Å². The van der Waals surface area contributed by atoms with Gasteiger partial charge in [-0.3, -0.25) is 9.59 Å². The maximum atomic E-state index is 13.6. The second-order valence-corrected chi connectivity index (χ2v) is 7.31. The number of rotatable bonds is 7. The third kappa shape index (κ3) is 4.16. The van der Waals surface area contributed by atoms with Crippen molar-refractivity contribution in [1.29, 1.82) is 0 Å². The molecule has 0 bridgehead atoms. The number of carbonyl (C=O) groups is 1. The Morgan fingerprint density at radius 3 is 2.62 bits per heavy atom. The average molecular weight is 428 g/mol. The van der Waals surface area contributed by atoms with E-state index < -0.39 is 5.82 Å². The van der Waals surface area contributed by atoms with Gasteiger partial charge >= 0.3 is 0 Å². The maximum absolute atomic E-state index is 13.6. The lowest BCUT2D eigenvalue weighted by molar-refractivity contribution is 0.0717. The molecule has 0 fully saturated rings. The van der Waals surface area contributed by atoms with Gasteiger partial charge in [0.1, 0.15) is 11.6 Å². The van der Waals surface area contributed by atoms with E-state index in [1.807, 2.05) is 6.07 Å². The molecule has 0 atom stereocenters. The predicted octanol–water partition coefficient (Wildman–Crippen LogP) is 5.39. The van der Waals surface area contributed by atoms with Crippen molar-refractivity contribution in [2.24, 2.45) is 0 Å². The molecule has 6 heteroatoms. The number of amides is 1. The third-order valence-corrected chi connectivity index (χ3v) is 5.25. The Hall–Kier alpha value is -4.19. The van der Waals surface area contributed by atoms with Gasteiger partial charge in [-0.1, -0.05) is 37.4 Å². The number of aromatic nitrogens is 1. The molecule has 160 valence electrons. The van der Waals surface area contributed by atoms with Crippen LogP contribution in [0, 0.1) is 5.82 Å². The van der Waals surface area contributed by atoms with Gasteiger partial charge in [0.15, 0.2) is 0 Å². The number of fused-ring (bicyclic) bond motifs is 1. The summed E-state index contributed by atoms with van der Waals surface area (Å²) in [5.74, 6) is -0.133. The molecule has 0 radical (unpaired) electrons. The zero-order valence-corrected chi connectivity index (χ0v) is 17.3. The van der Waals surface area contributed by atoms with Gasteiger partial charge in [0.25, 0.3) is 11.5 Å². The van der Waals surface area contributed by atoms with Crippen molar-refractivity contribution in [3.05, 3.63) is 118 Å². The molecule has 0 spiro atoms. The summed E-state index contributed by atoms with van der Waals surface area (Å²) >= 11 is 0. The number of furan rings is 1. The summed E-state index contributed by atoms with van der Waals surface area (Å²) in [6.45, 7) is 7.84. The van der Waals surface area contributed by atoms with Crippen LogP contribution in [-0.2, 0) is 13.1 Å². The summed E-state index contributed by atoms with van der Waals surface area (Å²) in [6.07, 6.45) is 4.81. The summed E-state index contributed by atoms with van der Waals surface area (Å²) in [5, 5.41) is 0.673. The lowest BCUT2D eigenvalue weighted by Crippen LogP contribution is -2.33. The van der Waals surface area contributed by atoms with E-state index in [1.165, 1.54) is 23.3 Å². The molecule has 32 heavy (non-hydrogen) atoms. The summed E-state index contributed by atoms with van der Waals surface area (Å²) in [5.41, 5.74) is 2.29. The molecule has 4 rings (SSSR count). The van der Waals surface area contributed by atoms with E-state index in [-0.39, 0.29) is 24.6 Å². The van der Waals surface area contributed by atoms with Crippen LogP contribution in [0.1, 0.15) is 32.8 Å². The predicted molar refractivity (Wildman–Crippen MR) is 123 cm³/mol. The topological polar surface area (TPSA) is 66.3 Å². The van der Waals surface area contributed by atoms with Gasteiger partial charge in [0, 0.05) is 11.1 Å². The number of hydrogen-bond donors (Lipinski definition) is 1. The highest BCUT2D eigenvalue weighted by Crippen LogP contribution is 2.22. The van der Waals surface area contributed by atoms with Crippen molar-refractivity contribution in [1.82, 2.24) is 9.88 Å². The van der Waals surface area contributed by atoms with Crippen molar-refractivity contribution >= 4 is 29.0 Å². The fourth-order valence-corrected chi connectivity index (χ4v) is 3.68. The van der Waals surface area contributed by atoms with Crippen LogP contribution >= 0.6 is 0 Å². The second kappa shape index (κ2) is 8.89. The Bertz CT molecular complexity index is 1370. The molecule has 4 aromatic rings. The maximum Gasteiger partial charge on any atom is 0.255 e. The Balaban J connectivity index is 1.76. The van der Waals surface area contributed by atoms with Gasteiger partial charge in [-0.25, -0.2) is 4.39 Å². The van der Waals surface area contributed by atoms with Crippen LogP contribution in [0.3, 0.4) is 0 Å². The largest absolute Gasteiger partial charge is 0.467 e. The Morgan fingerprint density at radius 1 is 1.06 bits per heavy atom. The molecule has 2 aromatic carbocycles. The van der Waals surface area contributed by atoms with E-state index in [2.05, 4.69) is 18.1 Å². The molecule has 0 unspecified atom stereocenters.